The third kappa shape index (κ3) is 2.74. The number of halogens is 1. The average molecular weight is 365 g/mol. The Kier molecular flexibility index (Phi) is 3.76. The van der Waals surface area contributed by atoms with E-state index >= 15 is 0 Å². The molecule has 9 heteroatoms. The minimum absolute atomic E-state index is 0.0341. The van der Waals surface area contributed by atoms with Crippen LogP contribution in [0.4, 0.5) is 10.1 Å². The maximum atomic E-state index is 13.8. The summed E-state index contributed by atoms with van der Waals surface area (Å²) in [5.74, 6) is -1.26. The number of benzene rings is 2. The number of anilines is 1. The highest BCUT2D eigenvalue weighted by Crippen LogP contribution is 2.16. The van der Waals surface area contributed by atoms with Crippen molar-refractivity contribution in [3.63, 3.8) is 0 Å². The molecule has 134 valence electrons. The molecule has 1 amide bonds. The van der Waals surface area contributed by atoms with E-state index in [4.69, 9.17) is 0 Å². The fourth-order valence-corrected chi connectivity index (χ4v) is 2.78. The summed E-state index contributed by atoms with van der Waals surface area (Å²) in [5, 5.41) is 10.5. The van der Waals surface area contributed by atoms with Gasteiger partial charge in [0.2, 0.25) is 5.43 Å². The summed E-state index contributed by atoms with van der Waals surface area (Å²) in [6, 6.07) is 8.60. The molecule has 0 bridgehead atoms. The number of aromatic amines is 1. The molecular weight excluding hydrogens is 353 g/mol. The summed E-state index contributed by atoms with van der Waals surface area (Å²) in [4.78, 5) is 39.8. The number of pyridine rings is 1. The second-order valence-corrected chi connectivity index (χ2v) is 5.90. The van der Waals surface area contributed by atoms with Crippen LogP contribution in [0.5, 0.6) is 0 Å². The summed E-state index contributed by atoms with van der Waals surface area (Å²) >= 11 is 0. The molecule has 0 saturated heterocycles. The Labute approximate surface area is 150 Å². The van der Waals surface area contributed by atoms with E-state index in [2.05, 4.69) is 20.6 Å². The number of nitrogens with one attached hydrogen (secondary N) is 2. The van der Waals surface area contributed by atoms with Crippen molar-refractivity contribution in [3.8, 4) is 0 Å². The smallest absolute Gasteiger partial charge is 0.277 e. The first-order valence-electron chi connectivity index (χ1n) is 7.91. The van der Waals surface area contributed by atoms with Gasteiger partial charge in [-0.25, -0.2) is 9.07 Å². The molecular formula is C18H12FN5O3. The van der Waals surface area contributed by atoms with Crippen molar-refractivity contribution in [3.05, 3.63) is 74.6 Å². The molecule has 0 unspecified atom stereocenters. The van der Waals surface area contributed by atoms with Crippen LogP contribution in [0.1, 0.15) is 10.4 Å². The van der Waals surface area contributed by atoms with E-state index in [0.29, 0.717) is 11.2 Å². The summed E-state index contributed by atoms with van der Waals surface area (Å²) in [6.07, 6.45) is 1.16. The van der Waals surface area contributed by atoms with Crippen molar-refractivity contribution in [1.82, 2.24) is 20.0 Å². The van der Waals surface area contributed by atoms with E-state index in [1.54, 1.807) is 12.1 Å². The highest BCUT2D eigenvalue weighted by molar-refractivity contribution is 6.06. The lowest BCUT2D eigenvalue weighted by atomic mass is 10.1. The number of hydrogen-bond donors (Lipinski definition) is 2. The number of rotatable bonds is 2. The van der Waals surface area contributed by atoms with Crippen molar-refractivity contribution >= 4 is 33.4 Å². The third-order valence-corrected chi connectivity index (χ3v) is 4.17. The Morgan fingerprint density at radius 2 is 2.00 bits per heavy atom. The van der Waals surface area contributed by atoms with Crippen LogP contribution in [-0.4, -0.2) is 25.9 Å². The Balaban J connectivity index is 1.74. The Bertz CT molecular complexity index is 1340. The molecule has 0 spiro atoms. The van der Waals surface area contributed by atoms with E-state index in [9.17, 15) is 18.8 Å². The molecule has 0 aliphatic rings. The number of hydrogen-bond acceptors (Lipinski definition) is 5. The zero-order valence-electron chi connectivity index (χ0n) is 14.0. The van der Waals surface area contributed by atoms with Crippen LogP contribution in [-0.2, 0) is 7.05 Å². The largest absolute Gasteiger partial charge is 0.358 e. The van der Waals surface area contributed by atoms with Gasteiger partial charge in [-0.05, 0) is 30.3 Å². The number of carbonyl (C=O) groups excluding carboxylic acids is 1. The predicted octanol–water partition coefficient (Wildman–Crippen LogP) is 1.56. The number of carbonyl (C=O) groups is 1. The topological polar surface area (TPSA) is 110 Å². The Hall–Kier alpha value is -3.88. The molecule has 2 heterocycles. The fourth-order valence-electron chi connectivity index (χ4n) is 2.78. The van der Waals surface area contributed by atoms with Gasteiger partial charge in [-0.15, -0.1) is 5.10 Å². The summed E-state index contributed by atoms with van der Waals surface area (Å²) in [7, 11) is 1.47. The van der Waals surface area contributed by atoms with Gasteiger partial charge in [-0.1, -0.05) is 11.3 Å². The second kappa shape index (κ2) is 6.13. The molecule has 0 atom stereocenters. The number of aryl methyl sites for hydroxylation is 1. The van der Waals surface area contributed by atoms with Gasteiger partial charge >= 0.3 is 0 Å². The van der Waals surface area contributed by atoms with Crippen LogP contribution < -0.4 is 16.3 Å². The van der Waals surface area contributed by atoms with Crippen LogP contribution in [0.25, 0.3) is 21.8 Å². The molecule has 2 aromatic heterocycles. The minimum Gasteiger partial charge on any atom is -0.358 e. The number of H-pyrrole nitrogens is 1. The van der Waals surface area contributed by atoms with Crippen molar-refractivity contribution < 1.29 is 9.18 Å². The molecule has 8 nitrogen and oxygen atoms in total. The maximum absolute atomic E-state index is 13.8. The highest BCUT2D eigenvalue weighted by Gasteiger charge is 2.15. The molecule has 4 rings (SSSR count). The zero-order chi connectivity index (χ0) is 19.1. The predicted molar refractivity (Wildman–Crippen MR) is 97.3 cm³/mol. The Morgan fingerprint density at radius 1 is 1.19 bits per heavy atom. The normalized spacial score (nSPS) is 11.0. The van der Waals surface area contributed by atoms with E-state index in [-0.39, 0.29) is 27.4 Å². The molecule has 0 aliphatic carbocycles. The zero-order valence-corrected chi connectivity index (χ0v) is 14.0. The monoisotopic (exact) mass is 365 g/mol. The lowest BCUT2D eigenvalue weighted by Gasteiger charge is -2.07. The number of fused-ring (bicyclic) bond motifs is 2. The van der Waals surface area contributed by atoms with Gasteiger partial charge in [-0.2, -0.15) is 0 Å². The SMILES string of the molecule is Cn1nnc2ccc(NC(=O)c3c[nH]c4c(F)cccc4c3=O)cc2c1=O. The van der Waals surface area contributed by atoms with Gasteiger partial charge in [0.15, 0.2) is 0 Å². The van der Waals surface area contributed by atoms with Crippen LogP contribution in [0.3, 0.4) is 0 Å². The van der Waals surface area contributed by atoms with Gasteiger partial charge in [0.25, 0.3) is 11.5 Å². The lowest BCUT2D eigenvalue weighted by Crippen LogP contribution is -2.23. The van der Waals surface area contributed by atoms with Crippen molar-refractivity contribution in [2.24, 2.45) is 7.05 Å². The highest BCUT2D eigenvalue weighted by atomic mass is 19.1. The van der Waals surface area contributed by atoms with E-state index < -0.39 is 17.2 Å². The maximum Gasteiger partial charge on any atom is 0.277 e. The fraction of sp³-hybridized carbons (Fsp3) is 0.0556. The van der Waals surface area contributed by atoms with Gasteiger partial charge < -0.3 is 10.3 Å². The van der Waals surface area contributed by atoms with Gasteiger partial charge in [-0.3, -0.25) is 14.4 Å². The molecule has 0 saturated carbocycles. The molecule has 2 N–H and O–H groups in total. The number of para-hydroxylation sites is 1. The van der Waals surface area contributed by atoms with E-state index in [0.717, 1.165) is 10.9 Å². The van der Waals surface area contributed by atoms with Gasteiger partial charge in [0.05, 0.1) is 10.9 Å². The first kappa shape index (κ1) is 16.6. The quantitative estimate of drug-likeness (QED) is 0.560. The first-order valence-corrected chi connectivity index (χ1v) is 7.91. The number of aromatic nitrogens is 4. The van der Waals surface area contributed by atoms with Gasteiger partial charge in [0.1, 0.15) is 16.9 Å². The van der Waals surface area contributed by atoms with Crippen LogP contribution in [0, 0.1) is 5.82 Å². The van der Waals surface area contributed by atoms with E-state index in [1.807, 2.05) is 0 Å². The van der Waals surface area contributed by atoms with Crippen LogP contribution in [0.2, 0.25) is 0 Å². The molecule has 2 aromatic carbocycles. The van der Waals surface area contributed by atoms with Crippen molar-refractivity contribution in [2.45, 2.75) is 0 Å². The standard InChI is InChI=1S/C18H12FN5O3/c1-24-18(27)11-7-9(5-6-14(11)22-23-24)21-17(26)12-8-20-15-10(16(12)25)3-2-4-13(15)19/h2-8H,1H3,(H,20,25)(H,21,26). The van der Waals surface area contributed by atoms with Gasteiger partial charge in [0, 0.05) is 24.3 Å². The molecule has 4 aromatic rings. The van der Waals surface area contributed by atoms with Crippen LogP contribution >= 0.6 is 0 Å². The number of amides is 1. The lowest BCUT2D eigenvalue weighted by molar-refractivity contribution is 0.102. The van der Waals surface area contributed by atoms with E-state index in [1.165, 1.54) is 31.3 Å². The average Bonchev–Trinajstić information content (AvgIpc) is 2.66. The van der Waals surface area contributed by atoms with Crippen molar-refractivity contribution in [1.29, 1.82) is 0 Å². The van der Waals surface area contributed by atoms with Crippen LogP contribution in [0.15, 0.2) is 52.2 Å². The molecule has 0 fully saturated rings. The first-order chi connectivity index (χ1) is 13.0. The molecule has 27 heavy (non-hydrogen) atoms. The molecule has 0 aliphatic heterocycles. The number of nitrogens with zero attached hydrogens (tertiary/aromatic N) is 3. The summed E-state index contributed by atoms with van der Waals surface area (Å²) < 4.78 is 14.8. The second-order valence-electron chi connectivity index (χ2n) is 5.90. The van der Waals surface area contributed by atoms with Crippen molar-refractivity contribution in [2.75, 3.05) is 5.32 Å². The third-order valence-electron chi connectivity index (χ3n) is 4.17. The molecule has 0 radical (unpaired) electrons. The summed E-state index contributed by atoms with van der Waals surface area (Å²) in [6.45, 7) is 0. The summed E-state index contributed by atoms with van der Waals surface area (Å²) in [5.41, 5.74) is -0.398. The minimum atomic E-state index is -0.680. The Morgan fingerprint density at radius 3 is 2.81 bits per heavy atom.